The van der Waals surface area contributed by atoms with Crippen LogP contribution in [0.25, 0.3) is 0 Å². The maximum Gasteiger partial charge on any atom is 0.410 e. The molecule has 4 N–H and O–H groups in total. The number of aromatic nitrogens is 2. The van der Waals surface area contributed by atoms with Crippen molar-refractivity contribution in [3.63, 3.8) is 0 Å². The van der Waals surface area contributed by atoms with Crippen molar-refractivity contribution >= 4 is 12.0 Å². The molecule has 0 spiro atoms. The van der Waals surface area contributed by atoms with E-state index in [1.807, 2.05) is 18.2 Å². The molecule has 2 fully saturated rings. The van der Waals surface area contributed by atoms with Crippen LogP contribution in [0.15, 0.2) is 36.8 Å². The van der Waals surface area contributed by atoms with E-state index in [0.717, 1.165) is 55.3 Å². The molecule has 1 unspecified atom stereocenters. The molecule has 2 saturated carbocycles. The highest BCUT2D eigenvalue weighted by Crippen LogP contribution is 2.37. The van der Waals surface area contributed by atoms with Gasteiger partial charge in [-0.3, -0.25) is 9.69 Å². The van der Waals surface area contributed by atoms with E-state index in [-0.39, 0.29) is 18.4 Å². The van der Waals surface area contributed by atoms with Crippen molar-refractivity contribution < 1.29 is 24.5 Å². The summed E-state index contributed by atoms with van der Waals surface area (Å²) in [7, 11) is 0. The Morgan fingerprint density at radius 2 is 1.88 bits per heavy atom. The van der Waals surface area contributed by atoms with Gasteiger partial charge in [-0.05, 0) is 55.6 Å². The third-order valence-electron chi connectivity index (χ3n) is 9.09. The quantitative estimate of drug-likeness (QED) is 0.336. The van der Waals surface area contributed by atoms with Gasteiger partial charge in [-0.1, -0.05) is 56.4 Å². The lowest BCUT2D eigenvalue weighted by Crippen LogP contribution is -2.57. The summed E-state index contributed by atoms with van der Waals surface area (Å²) >= 11 is 0. The van der Waals surface area contributed by atoms with E-state index in [9.17, 15) is 19.8 Å². The number of carbonyl (C=O) groups is 2. The lowest BCUT2D eigenvalue weighted by Gasteiger charge is -2.41. The van der Waals surface area contributed by atoms with Crippen LogP contribution in [0.5, 0.6) is 0 Å². The van der Waals surface area contributed by atoms with Crippen molar-refractivity contribution in [2.45, 2.75) is 102 Å². The minimum Gasteiger partial charge on any atom is -0.450 e. The summed E-state index contributed by atoms with van der Waals surface area (Å²) in [6.07, 6.45) is 9.98. The first-order chi connectivity index (χ1) is 19.4. The van der Waals surface area contributed by atoms with E-state index in [2.05, 4.69) is 21.4 Å². The number of nitrogens with one attached hydrogen (secondary N) is 2. The zero-order valence-electron chi connectivity index (χ0n) is 23.5. The van der Waals surface area contributed by atoms with Crippen LogP contribution in [-0.4, -0.2) is 68.0 Å². The number of aliphatic hydroxyl groups is 2. The van der Waals surface area contributed by atoms with Crippen LogP contribution in [0, 0.1) is 17.8 Å². The summed E-state index contributed by atoms with van der Waals surface area (Å²) in [5.74, 6) is -0.340. The van der Waals surface area contributed by atoms with Crippen LogP contribution >= 0.6 is 0 Å². The van der Waals surface area contributed by atoms with Gasteiger partial charge in [0.1, 0.15) is 6.10 Å². The number of carbonyl (C=O) groups excluding carboxylic acids is 2. The van der Waals surface area contributed by atoms with Crippen molar-refractivity contribution in [2.75, 3.05) is 6.61 Å². The average molecular weight is 553 g/mol. The number of rotatable bonds is 11. The highest BCUT2D eigenvalue weighted by atomic mass is 16.6. The topological polar surface area (TPSA) is 128 Å². The van der Waals surface area contributed by atoms with Crippen molar-refractivity contribution in [2.24, 2.45) is 17.8 Å². The fourth-order valence-electron chi connectivity index (χ4n) is 6.66. The number of nitrogens with zero attached hydrogens (tertiary/aromatic N) is 2. The largest absolute Gasteiger partial charge is 0.450 e. The van der Waals surface area contributed by atoms with Crippen LogP contribution in [0.2, 0.25) is 0 Å². The third kappa shape index (κ3) is 6.86. The molecular weight excluding hydrogens is 508 g/mol. The smallest absolute Gasteiger partial charge is 0.410 e. The van der Waals surface area contributed by atoms with Gasteiger partial charge >= 0.3 is 6.09 Å². The predicted molar refractivity (Wildman–Crippen MR) is 150 cm³/mol. The van der Waals surface area contributed by atoms with Gasteiger partial charge in [-0.2, -0.15) is 0 Å². The van der Waals surface area contributed by atoms with Gasteiger partial charge in [0.25, 0.3) is 0 Å². The molecule has 9 heteroatoms. The molecule has 5 atom stereocenters. The molecule has 1 aromatic carbocycles. The SMILES string of the molecule is CCOC(=O)N1Cc2ccccc2CC1[C@H](Cc1cnc[nH]1)C(=O)N[C@@H](CC1CCCCC1)[C@@H](O)[C@@H](O)C1CC1. The molecule has 0 saturated heterocycles. The van der Waals surface area contributed by atoms with E-state index < -0.39 is 36.3 Å². The van der Waals surface area contributed by atoms with Gasteiger partial charge in [0.15, 0.2) is 0 Å². The number of imidazole rings is 1. The minimum atomic E-state index is -1.03. The Morgan fingerprint density at radius 1 is 1.12 bits per heavy atom. The van der Waals surface area contributed by atoms with Gasteiger partial charge < -0.3 is 25.3 Å². The molecule has 0 bridgehead atoms. The first-order valence-electron chi connectivity index (χ1n) is 15.1. The summed E-state index contributed by atoms with van der Waals surface area (Å²) in [5.41, 5.74) is 2.95. The Labute approximate surface area is 236 Å². The molecule has 1 aromatic heterocycles. The zero-order valence-corrected chi connectivity index (χ0v) is 23.5. The lowest BCUT2D eigenvalue weighted by molar-refractivity contribution is -0.130. The van der Waals surface area contributed by atoms with Crippen molar-refractivity contribution in [3.8, 4) is 0 Å². The van der Waals surface area contributed by atoms with Crippen LogP contribution in [-0.2, 0) is 28.9 Å². The molecule has 3 aliphatic rings. The molecule has 2 heterocycles. The second kappa shape index (κ2) is 13.2. The van der Waals surface area contributed by atoms with Gasteiger partial charge in [0.05, 0.1) is 37.0 Å². The Balaban J connectivity index is 1.43. The minimum absolute atomic E-state index is 0.0932. The molecule has 5 rings (SSSR count). The third-order valence-corrected chi connectivity index (χ3v) is 9.09. The summed E-state index contributed by atoms with van der Waals surface area (Å²) in [4.78, 5) is 36.4. The number of hydrogen-bond donors (Lipinski definition) is 4. The molecule has 2 amide bonds. The highest BCUT2D eigenvalue weighted by Gasteiger charge is 2.43. The number of H-pyrrole nitrogens is 1. The summed E-state index contributed by atoms with van der Waals surface area (Å²) < 4.78 is 5.44. The number of benzene rings is 1. The van der Waals surface area contributed by atoms with E-state index in [1.54, 1.807) is 24.3 Å². The number of aliphatic hydroxyl groups excluding tert-OH is 2. The Bertz CT molecular complexity index is 1110. The Morgan fingerprint density at radius 3 is 2.55 bits per heavy atom. The van der Waals surface area contributed by atoms with Gasteiger partial charge in [0, 0.05) is 24.9 Å². The van der Waals surface area contributed by atoms with Crippen LogP contribution < -0.4 is 5.32 Å². The van der Waals surface area contributed by atoms with Crippen molar-refractivity contribution in [1.82, 2.24) is 20.2 Å². The van der Waals surface area contributed by atoms with Crippen LogP contribution in [0.4, 0.5) is 4.79 Å². The summed E-state index contributed by atoms with van der Waals surface area (Å²) in [6, 6.07) is 7.01. The molecule has 2 aliphatic carbocycles. The van der Waals surface area contributed by atoms with Crippen molar-refractivity contribution in [3.05, 3.63) is 53.6 Å². The van der Waals surface area contributed by atoms with Gasteiger partial charge in [-0.15, -0.1) is 0 Å². The van der Waals surface area contributed by atoms with Gasteiger partial charge in [0.2, 0.25) is 5.91 Å². The monoisotopic (exact) mass is 552 g/mol. The molecule has 218 valence electrons. The second-order valence-electron chi connectivity index (χ2n) is 11.9. The van der Waals surface area contributed by atoms with Crippen molar-refractivity contribution in [1.29, 1.82) is 0 Å². The Hall–Kier alpha value is -2.91. The summed E-state index contributed by atoms with van der Waals surface area (Å²) in [5, 5.41) is 25.3. The fraction of sp³-hybridized carbons (Fsp3) is 0.645. The van der Waals surface area contributed by atoms with E-state index in [1.165, 1.54) is 6.42 Å². The maximum absolute atomic E-state index is 14.3. The normalized spacial score (nSPS) is 22.6. The lowest BCUT2D eigenvalue weighted by atomic mass is 9.81. The van der Waals surface area contributed by atoms with E-state index >= 15 is 0 Å². The first kappa shape index (κ1) is 28.6. The maximum atomic E-state index is 14.3. The molecule has 0 radical (unpaired) electrons. The summed E-state index contributed by atoms with van der Waals surface area (Å²) in [6.45, 7) is 2.39. The number of fused-ring (bicyclic) bond motifs is 1. The Kier molecular flexibility index (Phi) is 9.42. The number of amides is 2. The number of hydrogen-bond acceptors (Lipinski definition) is 6. The predicted octanol–water partition coefficient (Wildman–Crippen LogP) is 3.74. The zero-order chi connectivity index (χ0) is 28.1. The molecule has 9 nitrogen and oxygen atoms in total. The van der Waals surface area contributed by atoms with Crippen LogP contribution in [0.3, 0.4) is 0 Å². The molecule has 2 aromatic rings. The average Bonchev–Trinajstić information content (AvgIpc) is 3.70. The first-order valence-corrected chi connectivity index (χ1v) is 15.1. The van der Waals surface area contributed by atoms with Crippen LogP contribution in [0.1, 0.15) is 75.1 Å². The molecule has 40 heavy (non-hydrogen) atoms. The molecular formula is C31H44N4O5. The number of ether oxygens (including phenoxy) is 1. The second-order valence-corrected chi connectivity index (χ2v) is 11.9. The van der Waals surface area contributed by atoms with E-state index in [0.29, 0.717) is 31.7 Å². The standard InChI is InChI=1S/C31H44N4O5/c1-2-40-31(39)35-18-23-11-7-6-10-22(23)15-27(35)25(16-24-17-32-19-33-24)30(38)34-26(14-20-8-4-3-5-9-20)29(37)28(36)21-12-13-21/h6-7,10-11,17,19-21,25-29,36-37H,2-5,8-9,12-16,18H2,1H3,(H,32,33)(H,34,38)/t25-,26-,27?,28-,29+/m0/s1. The van der Waals surface area contributed by atoms with Gasteiger partial charge in [-0.25, -0.2) is 9.78 Å². The van der Waals surface area contributed by atoms with E-state index in [4.69, 9.17) is 4.74 Å². The fourth-order valence-corrected chi connectivity index (χ4v) is 6.66. The molecule has 1 aliphatic heterocycles. The highest BCUT2D eigenvalue weighted by molar-refractivity contribution is 5.81. The number of aromatic amines is 1.